The predicted octanol–water partition coefficient (Wildman–Crippen LogP) is 1.60. The second kappa shape index (κ2) is 4.14. The van der Waals surface area contributed by atoms with E-state index >= 15 is 0 Å². The first kappa shape index (κ1) is 12.1. The molecule has 1 aromatic rings. The molecule has 92 valence electrons. The zero-order valence-electron chi connectivity index (χ0n) is 9.88. The lowest BCUT2D eigenvalue weighted by atomic mass is 10.0. The van der Waals surface area contributed by atoms with Crippen LogP contribution in [0.25, 0.3) is 0 Å². The van der Waals surface area contributed by atoms with Crippen LogP contribution in [0, 0.1) is 0 Å². The van der Waals surface area contributed by atoms with Crippen LogP contribution in [0.5, 0.6) is 0 Å². The molecule has 1 saturated heterocycles. The minimum atomic E-state index is -3.31. The molecule has 17 heavy (non-hydrogen) atoms. The summed E-state index contributed by atoms with van der Waals surface area (Å²) in [5, 5.41) is 0. The standard InChI is InChI=1S/C12H15NO3S/c1-9(2)10-3-5-11(6-4-10)12(14)13-7-8-17(13,15)16/h3-6,9H,7-8H2,1-2H3. The van der Waals surface area contributed by atoms with Crippen molar-refractivity contribution >= 4 is 15.9 Å². The van der Waals surface area contributed by atoms with E-state index in [0.29, 0.717) is 18.0 Å². The third-order valence-corrected chi connectivity index (χ3v) is 4.66. The Labute approximate surface area is 101 Å². The second-order valence-corrected chi connectivity index (χ2v) is 6.48. The molecule has 0 spiro atoms. The Morgan fingerprint density at radius 2 is 1.82 bits per heavy atom. The Kier molecular flexibility index (Phi) is 2.95. The van der Waals surface area contributed by atoms with Crippen molar-refractivity contribution in [1.29, 1.82) is 0 Å². The third-order valence-electron chi connectivity index (χ3n) is 2.94. The maximum absolute atomic E-state index is 11.9. The molecule has 0 unspecified atom stereocenters. The molecule has 4 nitrogen and oxygen atoms in total. The van der Waals surface area contributed by atoms with Crippen molar-refractivity contribution in [3.05, 3.63) is 35.4 Å². The summed E-state index contributed by atoms with van der Waals surface area (Å²) in [5.41, 5.74) is 1.56. The Hall–Kier alpha value is -1.36. The van der Waals surface area contributed by atoms with Gasteiger partial charge in [0.25, 0.3) is 5.91 Å². The summed E-state index contributed by atoms with van der Waals surface area (Å²) in [7, 11) is -3.31. The molecule has 0 radical (unpaired) electrons. The van der Waals surface area contributed by atoms with Crippen LogP contribution >= 0.6 is 0 Å². The number of amides is 1. The van der Waals surface area contributed by atoms with E-state index < -0.39 is 15.9 Å². The van der Waals surface area contributed by atoms with Crippen LogP contribution in [0.1, 0.15) is 35.7 Å². The maximum atomic E-state index is 11.9. The fraction of sp³-hybridized carbons (Fsp3) is 0.417. The minimum Gasteiger partial charge on any atom is -0.268 e. The van der Waals surface area contributed by atoms with Crippen molar-refractivity contribution < 1.29 is 13.2 Å². The summed E-state index contributed by atoms with van der Waals surface area (Å²) >= 11 is 0. The Balaban J connectivity index is 2.21. The van der Waals surface area contributed by atoms with E-state index in [4.69, 9.17) is 0 Å². The summed E-state index contributed by atoms with van der Waals surface area (Å²) in [6, 6.07) is 7.10. The van der Waals surface area contributed by atoms with Crippen LogP contribution in [0.4, 0.5) is 0 Å². The topological polar surface area (TPSA) is 54.5 Å². The van der Waals surface area contributed by atoms with Gasteiger partial charge in [0.15, 0.2) is 0 Å². The molecule has 0 saturated carbocycles. The minimum absolute atomic E-state index is 0.0722. The molecular weight excluding hydrogens is 238 g/mol. The predicted molar refractivity (Wildman–Crippen MR) is 65.4 cm³/mol. The largest absolute Gasteiger partial charge is 0.268 e. The Morgan fingerprint density at radius 1 is 1.24 bits per heavy atom. The molecule has 0 bridgehead atoms. The number of carbonyl (C=O) groups excluding carboxylic acids is 1. The van der Waals surface area contributed by atoms with E-state index in [-0.39, 0.29) is 5.75 Å². The highest BCUT2D eigenvalue weighted by Gasteiger charge is 2.37. The molecule has 5 heteroatoms. The van der Waals surface area contributed by atoms with Gasteiger partial charge in [-0.25, -0.2) is 12.7 Å². The summed E-state index contributed by atoms with van der Waals surface area (Å²) in [5.74, 6) is 0.0430. The second-order valence-electron chi connectivity index (χ2n) is 4.47. The quantitative estimate of drug-likeness (QED) is 0.804. The molecule has 1 aliphatic heterocycles. The fourth-order valence-electron chi connectivity index (χ4n) is 1.71. The van der Waals surface area contributed by atoms with E-state index in [2.05, 4.69) is 13.8 Å². The summed E-state index contributed by atoms with van der Waals surface area (Å²) in [6.45, 7) is 4.43. The highest BCUT2D eigenvalue weighted by molar-refractivity contribution is 7.90. The Bertz CT molecular complexity index is 531. The number of sulfonamides is 1. The average molecular weight is 253 g/mol. The van der Waals surface area contributed by atoms with Crippen LogP contribution in [-0.2, 0) is 10.0 Å². The smallest absolute Gasteiger partial charge is 0.267 e. The van der Waals surface area contributed by atoms with Crippen LogP contribution in [0.15, 0.2) is 24.3 Å². The van der Waals surface area contributed by atoms with Gasteiger partial charge in [-0.15, -0.1) is 0 Å². The molecule has 1 aliphatic rings. The van der Waals surface area contributed by atoms with Gasteiger partial charge in [-0.2, -0.15) is 0 Å². The molecule has 1 amide bonds. The number of nitrogens with zero attached hydrogens (tertiary/aromatic N) is 1. The molecule has 2 rings (SSSR count). The first-order valence-electron chi connectivity index (χ1n) is 5.56. The summed E-state index contributed by atoms with van der Waals surface area (Å²) in [6.07, 6.45) is 0. The van der Waals surface area contributed by atoms with Crippen molar-refractivity contribution in [3.8, 4) is 0 Å². The van der Waals surface area contributed by atoms with E-state index in [1.807, 2.05) is 12.1 Å². The zero-order valence-corrected chi connectivity index (χ0v) is 10.7. The van der Waals surface area contributed by atoms with Gasteiger partial charge in [-0.05, 0) is 23.6 Å². The molecule has 0 aliphatic carbocycles. The number of rotatable bonds is 2. The lowest BCUT2D eigenvalue weighted by molar-refractivity contribution is 0.0850. The van der Waals surface area contributed by atoms with Crippen molar-refractivity contribution in [2.24, 2.45) is 0 Å². The Morgan fingerprint density at radius 3 is 2.18 bits per heavy atom. The van der Waals surface area contributed by atoms with Gasteiger partial charge in [0.1, 0.15) is 0 Å². The van der Waals surface area contributed by atoms with Gasteiger partial charge in [0.05, 0.1) is 12.3 Å². The first-order chi connectivity index (χ1) is 7.92. The SMILES string of the molecule is CC(C)c1ccc(C(=O)N2CCS2(=O)=O)cc1. The molecule has 0 atom stereocenters. The monoisotopic (exact) mass is 253 g/mol. The van der Waals surface area contributed by atoms with E-state index in [1.165, 1.54) is 0 Å². The van der Waals surface area contributed by atoms with Gasteiger partial charge in [-0.3, -0.25) is 4.79 Å². The van der Waals surface area contributed by atoms with Crippen molar-refractivity contribution in [1.82, 2.24) is 4.31 Å². The number of carbonyl (C=O) groups is 1. The molecule has 0 N–H and O–H groups in total. The number of benzene rings is 1. The highest BCUT2D eigenvalue weighted by atomic mass is 32.2. The van der Waals surface area contributed by atoms with Crippen LogP contribution in [0.3, 0.4) is 0 Å². The highest BCUT2D eigenvalue weighted by Crippen LogP contribution is 2.19. The van der Waals surface area contributed by atoms with E-state index in [0.717, 1.165) is 9.87 Å². The van der Waals surface area contributed by atoms with Gasteiger partial charge >= 0.3 is 0 Å². The van der Waals surface area contributed by atoms with Gasteiger partial charge in [-0.1, -0.05) is 26.0 Å². The number of hydrogen-bond acceptors (Lipinski definition) is 3. The molecule has 1 fully saturated rings. The van der Waals surface area contributed by atoms with Crippen molar-refractivity contribution in [3.63, 3.8) is 0 Å². The molecule has 1 aromatic carbocycles. The van der Waals surface area contributed by atoms with E-state index in [9.17, 15) is 13.2 Å². The number of hydrogen-bond donors (Lipinski definition) is 0. The zero-order chi connectivity index (χ0) is 12.6. The van der Waals surface area contributed by atoms with Crippen LogP contribution in [-0.4, -0.2) is 30.9 Å². The van der Waals surface area contributed by atoms with E-state index in [1.54, 1.807) is 12.1 Å². The van der Waals surface area contributed by atoms with Gasteiger partial charge in [0, 0.05) is 5.56 Å². The van der Waals surface area contributed by atoms with Gasteiger partial charge < -0.3 is 0 Å². The van der Waals surface area contributed by atoms with Crippen molar-refractivity contribution in [2.75, 3.05) is 12.3 Å². The van der Waals surface area contributed by atoms with Crippen LogP contribution in [0.2, 0.25) is 0 Å². The maximum Gasteiger partial charge on any atom is 0.267 e. The fourth-order valence-corrected chi connectivity index (χ4v) is 2.74. The normalized spacial score (nSPS) is 17.9. The molecular formula is C12H15NO3S. The first-order valence-corrected chi connectivity index (χ1v) is 7.17. The molecule has 0 aromatic heterocycles. The summed E-state index contributed by atoms with van der Waals surface area (Å²) < 4.78 is 23.6. The third kappa shape index (κ3) is 2.20. The lowest BCUT2D eigenvalue weighted by Crippen LogP contribution is -2.50. The lowest BCUT2D eigenvalue weighted by Gasteiger charge is -2.30. The molecule has 1 heterocycles. The van der Waals surface area contributed by atoms with Crippen LogP contribution < -0.4 is 0 Å². The van der Waals surface area contributed by atoms with Gasteiger partial charge in [0.2, 0.25) is 10.0 Å². The summed E-state index contributed by atoms with van der Waals surface area (Å²) in [4.78, 5) is 11.9. The van der Waals surface area contributed by atoms with Crippen molar-refractivity contribution in [2.45, 2.75) is 19.8 Å². The average Bonchev–Trinajstić information content (AvgIpc) is 2.27.